The topological polar surface area (TPSA) is 61.8 Å². The molecule has 0 saturated heterocycles. The summed E-state index contributed by atoms with van der Waals surface area (Å²) < 4.78 is 0. The molecule has 1 saturated carbocycles. The molecule has 0 unspecified atom stereocenters. The molecule has 1 aromatic rings. The van der Waals surface area contributed by atoms with Gasteiger partial charge >= 0.3 is 0 Å². The standard InChI is InChI=1S/C14H20ClN3O/c1-18(9-11-3-2-4-12(15)7-11)10-14(5-6-14)8-13(16)17-19/h2-4,7,19H,5-6,8-10H2,1H3,(H2,16,17). The smallest absolute Gasteiger partial charge is 0.139 e. The Morgan fingerprint density at radius 3 is 2.84 bits per heavy atom. The first-order valence-corrected chi connectivity index (χ1v) is 6.80. The van der Waals surface area contributed by atoms with Crippen molar-refractivity contribution in [3.63, 3.8) is 0 Å². The predicted molar refractivity (Wildman–Crippen MR) is 77.5 cm³/mol. The lowest BCUT2D eigenvalue weighted by Crippen LogP contribution is -2.29. The summed E-state index contributed by atoms with van der Waals surface area (Å²) in [6.45, 7) is 1.81. The van der Waals surface area contributed by atoms with E-state index in [9.17, 15) is 0 Å². The fraction of sp³-hybridized carbons (Fsp3) is 0.500. The number of hydrogen-bond acceptors (Lipinski definition) is 3. The summed E-state index contributed by atoms with van der Waals surface area (Å²) in [6.07, 6.45) is 2.95. The van der Waals surface area contributed by atoms with E-state index in [1.807, 2.05) is 18.2 Å². The minimum atomic E-state index is 0.198. The zero-order valence-corrected chi connectivity index (χ0v) is 11.9. The van der Waals surface area contributed by atoms with Gasteiger partial charge in [-0.1, -0.05) is 28.9 Å². The van der Waals surface area contributed by atoms with E-state index < -0.39 is 0 Å². The fourth-order valence-corrected chi connectivity index (χ4v) is 2.78. The average molecular weight is 282 g/mol. The molecule has 3 N–H and O–H groups in total. The highest BCUT2D eigenvalue weighted by molar-refractivity contribution is 6.30. The van der Waals surface area contributed by atoms with Crippen LogP contribution in [-0.4, -0.2) is 29.5 Å². The molecular formula is C14H20ClN3O. The van der Waals surface area contributed by atoms with Gasteiger partial charge in [-0.25, -0.2) is 0 Å². The number of oxime groups is 1. The largest absolute Gasteiger partial charge is 0.409 e. The van der Waals surface area contributed by atoms with Crippen LogP contribution in [0.25, 0.3) is 0 Å². The third-order valence-electron chi connectivity index (χ3n) is 3.59. The van der Waals surface area contributed by atoms with Gasteiger partial charge in [-0.05, 0) is 43.0 Å². The van der Waals surface area contributed by atoms with Crippen LogP contribution in [0.2, 0.25) is 5.02 Å². The van der Waals surface area contributed by atoms with Crippen molar-refractivity contribution < 1.29 is 5.21 Å². The van der Waals surface area contributed by atoms with Gasteiger partial charge in [0.1, 0.15) is 5.84 Å². The molecule has 19 heavy (non-hydrogen) atoms. The maximum Gasteiger partial charge on any atom is 0.139 e. The van der Waals surface area contributed by atoms with E-state index in [-0.39, 0.29) is 5.41 Å². The average Bonchev–Trinajstić information content (AvgIpc) is 3.08. The van der Waals surface area contributed by atoms with E-state index in [1.54, 1.807) is 0 Å². The van der Waals surface area contributed by atoms with E-state index in [0.717, 1.165) is 31.0 Å². The summed E-state index contributed by atoms with van der Waals surface area (Å²) in [5, 5.41) is 12.5. The van der Waals surface area contributed by atoms with Gasteiger partial charge in [0.05, 0.1) is 0 Å². The Morgan fingerprint density at radius 2 is 2.26 bits per heavy atom. The van der Waals surface area contributed by atoms with Crippen molar-refractivity contribution in [2.45, 2.75) is 25.8 Å². The molecule has 5 heteroatoms. The van der Waals surface area contributed by atoms with Crippen LogP contribution in [0.1, 0.15) is 24.8 Å². The first-order valence-electron chi connectivity index (χ1n) is 6.42. The summed E-state index contributed by atoms with van der Waals surface area (Å²) >= 11 is 5.98. The normalized spacial score (nSPS) is 17.7. The fourth-order valence-electron chi connectivity index (χ4n) is 2.56. The minimum absolute atomic E-state index is 0.198. The second kappa shape index (κ2) is 5.80. The van der Waals surface area contributed by atoms with E-state index >= 15 is 0 Å². The van der Waals surface area contributed by atoms with E-state index in [0.29, 0.717) is 12.3 Å². The third-order valence-corrected chi connectivity index (χ3v) is 3.82. The van der Waals surface area contributed by atoms with Gasteiger partial charge in [0.15, 0.2) is 0 Å². The SMILES string of the molecule is CN(Cc1cccc(Cl)c1)CC1(CC(N)=NO)CC1. The van der Waals surface area contributed by atoms with Crippen molar-refractivity contribution in [3.8, 4) is 0 Å². The van der Waals surface area contributed by atoms with Crippen molar-refractivity contribution in [1.82, 2.24) is 4.90 Å². The van der Waals surface area contributed by atoms with Crippen molar-refractivity contribution in [2.75, 3.05) is 13.6 Å². The monoisotopic (exact) mass is 281 g/mol. The zero-order valence-electron chi connectivity index (χ0n) is 11.1. The molecule has 0 aromatic heterocycles. The van der Waals surface area contributed by atoms with Crippen LogP contribution in [0, 0.1) is 5.41 Å². The first kappa shape index (κ1) is 14.2. The van der Waals surface area contributed by atoms with Gasteiger partial charge < -0.3 is 15.8 Å². The highest BCUT2D eigenvalue weighted by Crippen LogP contribution is 2.49. The van der Waals surface area contributed by atoms with Crippen LogP contribution in [-0.2, 0) is 6.54 Å². The summed E-state index contributed by atoms with van der Waals surface area (Å²) in [7, 11) is 2.09. The van der Waals surface area contributed by atoms with Gasteiger partial charge in [0, 0.05) is 24.5 Å². The number of hydrogen-bond donors (Lipinski definition) is 2. The number of nitrogens with two attached hydrogens (primary N) is 1. The van der Waals surface area contributed by atoms with Crippen molar-refractivity contribution in [2.24, 2.45) is 16.3 Å². The van der Waals surface area contributed by atoms with Crippen molar-refractivity contribution in [3.05, 3.63) is 34.9 Å². The van der Waals surface area contributed by atoms with Crippen LogP contribution >= 0.6 is 11.6 Å². The number of amidine groups is 1. The predicted octanol–water partition coefficient (Wildman–Crippen LogP) is 2.69. The molecule has 104 valence electrons. The molecule has 0 radical (unpaired) electrons. The highest BCUT2D eigenvalue weighted by Gasteiger charge is 2.43. The maximum atomic E-state index is 8.66. The van der Waals surface area contributed by atoms with Crippen LogP contribution in [0.4, 0.5) is 0 Å². The number of nitrogens with zero attached hydrogens (tertiary/aromatic N) is 2. The number of rotatable bonds is 6. The zero-order chi connectivity index (χ0) is 13.9. The molecule has 1 aromatic carbocycles. The molecule has 0 heterocycles. The lowest BCUT2D eigenvalue weighted by atomic mass is 10.0. The lowest BCUT2D eigenvalue weighted by Gasteiger charge is -2.23. The minimum Gasteiger partial charge on any atom is -0.409 e. The van der Waals surface area contributed by atoms with Gasteiger partial charge in [-0.2, -0.15) is 0 Å². The van der Waals surface area contributed by atoms with Gasteiger partial charge in [-0.15, -0.1) is 0 Å². The molecule has 1 aliphatic rings. The molecule has 0 spiro atoms. The van der Waals surface area contributed by atoms with E-state index in [2.05, 4.69) is 23.2 Å². The summed E-state index contributed by atoms with van der Waals surface area (Å²) in [5.41, 5.74) is 7.01. The Morgan fingerprint density at radius 1 is 1.53 bits per heavy atom. The van der Waals surface area contributed by atoms with Crippen LogP contribution in [0.5, 0.6) is 0 Å². The second-order valence-corrected chi connectivity index (χ2v) is 6.01. The van der Waals surface area contributed by atoms with Crippen molar-refractivity contribution >= 4 is 17.4 Å². The van der Waals surface area contributed by atoms with E-state index in [4.69, 9.17) is 22.5 Å². The van der Waals surface area contributed by atoms with Crippen LogP contribution < -0.4 is 5.73 Å². The quantitative estimate of drug-likeness (QED) is 0.365. The molecular weight excluding hydrogens is 262 g/mol. The highest BCUT2D eigenvalue weighted by atomic mass is 35.5. The van der Waals surface area contributed by atoms with Gasteiger partial charge in [0.2, 0.25) is 0 Å². The molecule has 0 aliphatic heterocycles. The molecule has 4 nitrogen and oxygen atoms in total. The third kappa shape index (κ3) is 4.11. The van der Waals surface area contributed by atoms with Crippen molar-refractivity contribution in [1.29, 1.82) is 0 Å². The Hall–Kier alpha value is -1.26. The van der Waals surface area contributed by atoms with Crippen LogP contribution in [0.15, 0.2) is 29.4 Å². The Kier molecular flexibility index (Phi) is 4.32. The summed E-state index contributed by atoms with van der Waals surface area (Å²) in [6, 6.07) is 7.91. The molecule has 2 rings (SSSR count). The number of benzene rings is 1. The molecule has 0 bridgehead atoms. The lowest BCUT2D eigenvalue weighted by molar-refractivity contribution is 0.256. The molecule has 0 atom stereocenters. The van der Waals surface area contributed by atoms with E-state index in [1.165, 1.54) is 5.56 Å². The summed E-state index contributed by atoms with van der Waals surface area (Å²) in [4.78, 5) is 2.27. The molecule has 0 amide bonds. The molecule has 1 fully saturated rings. The van der Waals surface area contributed by atoms with Gasteiger partial charge in [0.25, 0.3) is 0 Å². The first-order chi connectivity index (χ1) is 9.03. The Bertz CT molecular complexity index is 472. The van der Waals surface area contributed by atoms with Gasteiger partial charge in [-0.3, -0.25) is 0 Å². The Labute approximate surface area is 118 Å². The molecule has 1 aliphatic carbocycles. The van der Waals surface area contributed by atoms with Crippen LogP contribution in [0.3, 0.4) is 0 Å². The second-order valence-electron chi connectivity index (χ2n) is 5.57. The number of halogens is 1. The summed E-state index contributed by atoms with van der Waals surface area (Å²) in [5.74, 6) is 0.327. The Balaban J connectivity index is 1.89. The maximum absolute atomic E-state index is 8.66.